The maximum absolute atomic E-state index is 5.14. The van der Waals surface area contributed by atoms with Gasteiger partial charge in [-0.3, -0.25) is 9.38 Å². The second-order valence-electron chi connectivity index (χ2n) is 13.0. The molecule has 0 N–H and O–H groups in total. The summed E-state index contributed by atoms with van der Waals surface area (Å²) in [6, 6.07) is 58.2. The molecule has 5 aromatic heterocycles. The van der Waals surface area contributed by atoms with Crippen molar-refractivity contribution in [3.63, 3.8) is 0 Å². The SMILES string of the molecule is c1ccc(-c2ccc(-c3nc(-c4ccc(-c5ccc(-c6nc7ccccc7c7nc8ccccn8c67)cc5)cc4)cc(-c4ccccn4)n3)cc2)cc1. The van der Waals surface area contributed by atoms with E-state index in [0.717, 1.165) is 83.7 Å². The van der Waals surface area contributed by atoms with Crippen molar-refractivity contribution in [2.45, 2.75) is 0 Å². The van der Waals surface area contributed by atoms with E-state index in [2.05, 4.69) is 125 Å². The summed E-state index contributed by atoms with van der Waals surface area (Å²) in [6.07, 6.45) is 3.85. The number of pyridine rings is 3. The van der Waals surface area contributed by atoms with Gasteiger partial charge in [-0.25, -0.2) is 19.9 Å². The molecule has 5 heterocycles. The first-order valence-corrected chi connectivity index (χ1v) is 17.6. The molecule has 0 amide bonds. The van der Waals surface area contributed by atoms with Gasteiger partial charge in [0.15, 0.2) is 5.82 Å². The summed E-state index contributed by atoms with van der Waals surface area (Å²) >= 11 is 0. The minimum atomic E-state index is 0.657. The Labute approximate surface area is 305 Å². The number of imidazole rings is 1. The summed E-state index contributed by atoms with van der Waals surface area (Å²) < 4.78 is 2.13. The Bertz CT molecular complexity index is 2900. The molecule has 0 saturated heterocycles. The van der Waals surface area contributed by atoms with Gasteiger partial charge in [0.2, 0.25) is 0 Å². The summed E-state index contributed by atoms with van der Waals surface area (Å²) in [5, 5.41) is 1.05. The molecule has 6 heteroatoms. The molecule has 10 rings (SSSR count). The van der Waals surface area contributed by atoms with Crippen LogP contribution in [0.2, 0.25) is 0 Å². The molecule has 0 aliphatic rings. The standard InChI is InChI=1S/C47H30N6/c1-2-10-31(11-3-1)32-20-26-37(27-21-32)47-50-41(30-42(51-47)40-14-6-8-28-48-40)35-22-16-33(17-23-35)34-18-24-36(25-19-34)44-46-45(38-12-4-5-13-39(38)49-44)52-43-15-7-9-29-53(43)46/h1-30H. The Hall–Kier alpha value is -7.31. The van der Waals surface area contributed by atoms with Gasteiger partial charge in [0.25, 0.3) is 0 Å². The average Bonchev–Trinajstić information content (AvgIpc) is 3.64. The predicted molar refractivity (Wildman–Crippen MR) is 214 cm³/mol. The highest BCUT2D eigenvalue weighted by atomic mass is 15.0. The van der Waals surface area contributed by atoms with Crippen molar-refractivity contribution < 1.29 is 0 Å². The molecule has 0 aliphatic carbocycles. The third-order valence-corrected chi connectivity index (χ3v) is 9.72. The van der Waals surface area contributed by atoms with Gasteiger partial charge in [-0.05, 0) is 58.7 Å². The molecule has 0 radical (unpaired) electrons. The molecule has 10 aromatic rings. The number of hydrogen-bond acceptors (Lipinski definition) is 5. The Morgan fingerprint density at radius 1 is 0.396 bits per heavy atom. The number of benzene rings is 5. The third kappa shape index (κ3) is 5.59. The Kier molecular flexibility index (Phi) is 7.36. The lowest BCUT2D eigenvalue weighted by Crippen LogP contribution is -1.97. The van der Waals surface area contributed by atoms with Gasteiger partial charge in [0, 0.05) is 34.5 Å². The van der Waals surface area contributed by atoms with E-state index in [1.807, 2.05) is 60.7 Å². The second kappa shape index (κ2) is 12.8. The zero-order valence-corrected chi connectivity index (χ0v) is 28.5. The van der Waals surface area contributed by atoms with Gasteiger partial charge in [0.05, 0.1) is 33.8 Å². The molecule has 0 spiro atoms. The van der Waals surface area contributed by atoms with E-state index in [0.29, 0.717) is 5.82 Å². The molecule has 0 atom stereocenters. The van der Waals surface area contributed by atoms with E-state index in [-0.39, 0.29) is 0 Å². The highest BCUT2D eigenvalue weighted by molar-refractivity contribution is 6.09. The van der Waals surface area contributed by atoms with Gasteiger partial charge in [-0.15, -0.1) is 0 Å². The van der Waals surface area contributed by atoms with E-state index in [1.54, 1.807) is 6.20 Å². The van der Waals surface area contributed by atoms with Gasteiger partial charge in [0.1, 0.15) is 11.2 Å². The average molecular weight is 679 g/mol. The first-order valence-electron chi connectivity index (χ1n) is 17.6. The van der Waals surface area contributed by atoms with E-state index in [1.165, 1.54) is 5.56 Å². The molecular weight excluding hydrogens is 649 g/mol. The van der Waals surface area contributed by atoms with Crippen molar-refractivity contribution in [3.05, 3.63) is 182 Å². The van der Waals surface area contributed by atoms with Crippen LogP contribution in [0, 0.1) is 0 Å². The molecule has 0 unspecified atom stereocenters. The van der Waals surface area contributed by atoms with Crippen molar-refractivity contribution in [2.75, 3.05) is 0 Å². The van der Waals surface area contributed by atoms with Crippen LogP contribution in [0.15, 0.2) is 182 Å². The number of nitrogens with zero attached hydrogens (tertiary/aromatic N) is 6. The lowest BCUT2D eigenvalue weighted by Gasteiger charge is -2.11. The minimum Gasteiger partial charge on any atom is -0.298 e. The lowest BCUT2D eigenvalue weighted by molar-refractivity contribution is 1.16. The van der Waals surface area contributed by atoms with Gasteiger partial charge in [-0.1, -0.05) is 133 Å². The minimum absolute atomic E-state index is 0.657. The van der Waals surface area contributed by atoms with Crippen molar-refractivity contribution in [1.82, 2.24) is 29.3 Å². The number of aromatic nitrogens is 6. The van der Waals surface area contributed by atoms with Crippen LogP contribution in [0.25, 0.3) is 95.1 Å². The lowest BCUT2D eigenvalue weighted by atomic mass is 9.99. The van der Waals surface area contributed by atoms with Crippen LogP contribution < -0.4 is 0 Å². The monoisotopic (exact) mass is 678 g/mol. The summed E-state index contributed by atoms with van der Waals surface area (Å²) in [5.74, 6) is 0.657. The molecule has 53 heavy (non-hydrogen) atoms. The van der Waals surface area contributed by atoms with E-state index < -0.39 is 0 Å². The fourth-order valence-corrected chi connectivity index (χ4v) is 7.02. The maximum atomic E-state index is 5.14. The highest BCUT2D eigenvalue weighted by Crippen LogP contribution is 2.35. The molecule has 5 aromatic carbocycles. The van der Waals surface area contributed by atoms with Crippen LogP contribution in [-0.4, -0.2) is 29.3 Å². The fourth-order valence-electron chi connectivity index (χ4n) is 7.02. The van der Waals surface area contributed by atoms with Crippen molar-refractivity contribution >= 4 is 27.6 Å². The summed E-state index contributed by atoms with van der Waals surface area (Å²) in [6.45, 7) is 0. The second-order valence-corrected chi connectivity index (χ2v) is 13.0. The Morgan fingerprint density at radius 3 is 1.74 bits per heavy atom. The largest absolute Gasteiger partial charge is 0.298 e. The third-order valence-electron chi connectivity index (χ3n) is 9.72. The number of rotatable bonds is 6. The molecule has 0 saturated carbocycles. The summed E-state index contributed by atoms with van der Waals surface area (Å²) in [5.41, 5.74) is 14.7. The van der Waals surface area contributed by atoms with E-state index in [4.69, 9.17) is 19.9 Å². The van der Waals surface area contributed by atoms with Crippen LogP contribution in [0.3, 0.4) is 0 Å². The van der Waals surface area contributed by atoms with Gasteiger partial charge < -0.3 is 0 Å². The van der Waals surface area contributed by atoms with Crippen molar-refractivity contribution in [2.24, 2.45) is 0 Å². The normalized spacial score (nSPS) is 11.4. The Balaban J connectivity index is 0.994. The van der Waals surface area contributed by atoms with Crippen LogP contribution in [-0.2, 0) is 0 Å². The molecule has 0 fully saturated rings. The molecule has 0 aliphatic heterocycles. The molecule has 6 nitrogen and oxygen atoms in total. The molecular formula is C47H30N6. The zero-order chi connectivity index (χ0) is 35.1. The zero-order valence-electron chi connectivity index (χ0n) is 28.5. The van der Waals surface area contributed by atoms with Crippen LogP contribution in [0.4, 0.5) is 0 Å². The Morgan fingerprint density at radius 2 is 1.00 bits per heavy atom. The molecule has 248 valence electrons. The van der Waals surface area contributed by atoms with Gasteiger partial charge in [-0.2, -0.15) is 0 Å². The number of hydrogen-bond donors (Lipinski definition) is 0. The first kappa shape index (κ1) is 30.5. The van der Waals surface area contributed by atoms with Crippen molar-refractivity contribution in [1.29, 1.82) is 0 Å². The molecule has 0 bridgehead atoms. The number of fused-ring (bicyclic) bond motifs is 5. The maximum Gasteiger partial charge on any atom is 0.160 e. The summed E-state index contributed by atoms with van der Waals surface area (Å²) in [7, 11) is 0. The summed E-state index contributed by atoms with van der Waals surface area (Å²) in [4.78, 5) is 24.8. The quantitative estimate of drug-likeness (QED) is 0.175. The smallest absolute Gasteiger partial charge is 0.160 e. The number of para-hydroxylation sites is 1. The van der Waals surface area contributed by atoms with Crippen LogP contribution in [0.5, 0.6) is 0 Å². The predicted octanol–water partition coefficient (Wildman–Crippen LogP) is 11.2. The highest BCUT2D eigenvalue weighted by Gasteiger charge is 2.17. The van der Waals surface area contributed by atoms with Gasteiger partial charge >= 0.3 is 0 Å². The topological polar surface area (TPSA) is 68.9 Å². The van der Waals surface area contributed by atoms with Crippen LogP contribution >= 0.6 is 0 Å². The van der Waals surface area contributed by atoms with E-state index >= 15 is 0 Å². The van der Waals surface area contributed by atoms with Crippen molar-refractivity contribution in [3.8, 4) is 67.5 Å². The van der Waals surface area contributed by atoms with E-state index in [9.17, 15) is 0 Å². The van der Waals surface area contributed by atoms with Crippen LogP contribution in [0.1, 0.15) is 0 Å². The first-order chi connectivity index (χ1) is 26.2. The fraction of sp³-hybridized carbons (Fsp3) is 0.